The molecule has 0 radical (unpaired) electrons. The van der Waals surface area contributed by atoms with Gasteiger partial charge in [0, 0.05) is 20.3 Å². The zero-order valence-corrected chi connectivity index (χ0v) is 9.37. The summed E-state index contributed by atoms with van der Waals surface area (Å²) in [5, 5.41) is 0.0699. The highest BCUT2D eigenvalue weighted by Gasteiger charge is 2.12. The first-order valence-corrected chi connectivity index (χ1v) is 4.97. The van der Waals surface area contributed by atoms with Crippen molar-refractivity contribution in [1.29, 1.82) is 0 Å². The molecule has 0 amide bonds. The van der Waals surface area contributed by atoms with Crippen molar-refractivity contribution in [3.63, 3.8) is 0 Å². The summed E-state index contributed by atoms with van der Waals surface area (Å²) >= 11 is 2.97. The van der Waals surface area contributed by atoms with Crippen LogP contribution in [0.2, 0.25) is 0 Å². The minimum absolute atomic E-state index is 0.0199. The molecule has 0 spiro atoms. The Morgan fingerprint density at radius 2 is 2.00 bits per heavy atom. The van der Waals surface area contributed by atoms with Crippen LogP contribution in [0.3, 0.4) is 0 Å². The van der Waals surface area contributed by atoms with E-state index in [1.54, 1.807) is 0 Å². The highest BCUT2D eigenvalue weighted by molar-refractivity contribution is 9.09. The molecule has 76 valence electrons. The van der Waals surface area contributed by atoms with Crippen molar-refractivity contribution < 1.29 is 4.79 Å². The van der Waals surface area contributed by atoms with Gasteiger partial charge in [0.2, 0.25) is 0 Å². The first-order valence-electron chi connectivity index (χ1n) is 3.85. The minimum atomic E-state index is -0.558. The minimum Gasteiger partial charge on any atom is -0.303 e. The molecule has 0 unspecified atom stereocenters. The van der Waals surface area contributed by atoms with Crippen LogP contribution in [0.5, 0.6) is 0 Å². The number of ketones is 1. The molecule has 1 aromatic heterocycles. The van der Waals surface area contributed by atoms with Crippen molar-refractivity contribution in [3.8, 4) is 0 Å². The van der Waals surface area contributed by atoms with Crippen molar-refractivity contribution in [2.75, 3.05) is 5.33 Å². The monoisotopic (exact) mass is 260 g/mol. The van der Waals surface area contributed by atoms with E-state index in [1.165, 1.54) is 24.9 Å². The van der Waals surface area contributed by atoms with Gasteiger partial charge in [-0.2, -0.15) is 0 Å². The molecule has 6 heteroatoms. The number of nitrogens with zero attached hydrogens (tertiary/aromatic N) is 2. The SMILES string of the molecule is Cn1cc(C(=O)CBr)c(=O)n(C)c1=O. The van der Waals surface area contributed by atoms with Crippen LogP contribution in [0.15, 0.2) is 15.8 Å². The van der Waals surface area contributed by atoms with Gasteiger partial charge in [0.05, 0.1) is 5.33 Å². The molecule has 0 aliphatic carbocycles. The van der Waals surface area contributed by atoms with Crippen molar-refractivity contribution in [2.24, 2.45) is 14.1 Å². The van der Waals surface area contributed by atoms with E-state index in [0.29, 0.717) is 0 Å². The third kappa shape index (κ3) is 1.70. The van der Waals surface area contributed by atoms with E-state index in [9.17, 15) is 14.4 Å². The van der Waals surface area contributed by atoms with Crippen molar-refractivity contribution in [3.05, 3.63) is 32.6 Å². The summed E-state index contributed by atoms with van der Waals surface area (Å²) in [5.41, 5.74) is -0.981. The van der Waals surface area contributed by atoms with E-state index in [2.05, 4.69) is 15.9 Å². The number of hydrogen-bond acceptors (Lipinski definition) is 3. The Kier molecular flexibility index (Phi) is 3.05. The zero-order chi connectivity index (χ0) is 10.9. The Labute approximate surface area is 88.1 Å². The molecule has 0 atom stereocenters. The third-order valence-electron chi connectivity index (χ3n) is 1.87. The number of carbonyl (C=O) groups is 1. The van der Waals surface area contributed by atoms with E-state index in [4.69, 9.17) is 0 Å². The number of halogens is 1. The molecule has 0 aliphatic rings. The Balaban J connectivity index is 3.57. The molecule has 0 aromatic carbocycles. The van der Waals surface area contributed by atoms with Gasteiger partial charge in [-0.1, -0.05) is 15.9 Å². The second-order valence-corrected chi connectivity index (χ2v) is 3.42. The van der Waals surface area contributed by atoms with Crippen LogP contribution in [0.25, 0.3) is 0 Å². The van der Waals surface area contributed by atoms with E-state index >= 15 is 0 Å². The summed E-state index contributed by atoms with van der Waals surface area (Å²) < 4.78 is 2.12. The number of carbonyl (C=O) groups excluding carboxylic acids is 1. The molecule has 0 aliphatic heterocycles. The standard InChI is InChI=1S/C8H9BrN2O3/c1-10-4-5(6(12)3-9)7(13)11(2)8(10)14/h4H,3H2,1-2H3. The normalized spacial score (nSPS) is 10.2. The van der Waals surface area contributed by atoms with E-state index < -0.39 is 11.2 Å². The lowest BCUT2D eigenvalue weighted by molar-refractivity contribution is 0.102. The summed E-state index contributed by atoms with van der Waals surface area (Å²) in [4.78, 5) is 34.0. The number of aryl methyl sites for hydroxylation is 1. The largest absolute Gasteiger partial charge is 0.330 e. The second kappa shape index (κ2) is 3.91. The summed E-state index contributed by atoms with van der Waals surface area (Å²) in [6, 6.07) is 0. The molecule has 0 N–H and O–H groups in total. The van der Waals surface area contributed by atoms with E-state index in [-0.39, 0.29) is 16.7 Å². The lowest BCUT2D eigenvalue weighted by Crippen LogP contribution is -2.39. The van der Waals surface area contributed by atoms with Crippen LogP contribution >= 0.6 is 15.9 Å². The van der Waals surface area contributed by atoms with Crippen LogP contribution in [0.4, 0.5) is 0 Å². The van der Waals surface area contributed by atoms with Gasteiger partial charge in [0.25, 0.3) is 5.56 Å². The predicted molar refractivity (Wildman–Crippen MR) is 55.0 cm³/mol. The molecular weight excluding hydrogens is 252 g/mol. The Morgan fingerprint density at radius 3 is 2.50 bits per heavy atom. The van der Waals surface area contributed by atoms with E-state index in [0.717, 1.165) is 4.57 Å². The van der Waals surface area contributed by atoms with Gasteiger partial charge in [-0.3, -0.25) is 14.2 Å². The molecule has 1 aromatic rings. The highest BCUT2D eigenvalue weighted by atomic mass is 79.9. The second-order valence-electron chi connectivity index (χ2n) is 2.86. The third-order valence-corrected chi connectivity index (χ3v) is 2.38. The highest BCUT2D eigenvalue weighted by Crippen LogP contribution is 1.94. The lowest BCUT2D eigenvalue weighted by atomic mass is 10.2. The predicted octanol–water partition coefficient (Wildman–Crippen LogP) is -0.338. The molecule has 1 rings (SSSR count). The smallest absolute Gasteiger partial charge is 0.303 e. The topological polar surface area (TPSA) is 61.1 Å². The number of hydrogen-bond donors (Lipinski definition) is 0. The van der Waals surface area contributed by atoms with E-state index in [1.807, 2.05) is 0 Å². The van der Waals surface area contributed by atoms with Crippen LogP contribution < -0.4 is 11.2 Å². The van der Waals surface area contributed by atoms with Crippen molar-refractivity contribution in [1.82, 2.24) is 9.13 Å². The van der Waals surface area contributed by atoms with Gasteiger partial charge in [-0.05, 0) is 0 Å². The molecule has 1 heterocycles. The van der Waals surface area contributed by atoms with Gasteiger partial charge in [0.15, 0.2) is 5.78 Å². The fourth-order valence-corrected chi connectivity index (χ4v) is 1.37. The molecule has 0 saturated carbocycles. The summed E-state index contributed by atoms with van der Waals surface area (Å²) in [6.07, 6.45) is 1.26. The fourth-order valence-electron chi connectivity index (χ4n) is 1.07. The van der Waals surface area contributed by atoms with Crippen molar-refractivity contribution in [2.45, 2.75) is 0 Å². The summed E-state index contributed by atoms with van der Waals surface area (Å²) in [5.74, 6) is -0.332. The van der Waals surface area contributed by atoms with Gasteiger partial charge < -0.3 is 4.57 Å². The molecular formula is C8H9BrN2O3. The molecule has 14 heavy (non-hydrogen) atoms. The van der Waals surface area contributed by atoms with Gasteiger partial charge in [-0.15, -0.1) is 0 Å². The number of rotatable bonds is 2. The first kappa shape index (κ1) is 10.9. The number of Topliss-reactive ketones (excluding diaryl/α,β-unsaturated/α-hetero) is 1. The van der Waals surface area contributed by atoms with Crippen LogP contribution in [0, 0.1) is 0 Å². The average Bonchev–Trinajstić information content (AvgIpc) is 2.19. The van der Waals surface area contributed by atoms with Gasteiger partial charge in [0.1, 0.15) is 5.56 Å². The Morgan fingerprint density at radius 1 is 1.43 bits per heavy atom. The quantitative estimate of drug-likeness (QED) is 0.540. The maximum atomic E-state index is 11.5. The zero-order valence-electron chi connectivity index (χ0n) is 7.78. The maximum absolute atomic E-state index is 11.5. The molecule has 5 nitrogen and oxygen atoms in total. The van der Waals surface area contributed by atoms with Crippen LogP contribution in [0.1, 0.15) is 10.4 Å². The van der Waals surface area contributed by atoms with Crippen LogP contribution in [-0.2, 0) is 14.1 Å². The maximum Gasteiger partial charge on any atom is 0.330 e. The first-order chi connectivity index (χ1) is 6.49. The Hall–Kier alpha value is -1.17. The Bertz CT molecular complexity index is 486. The fraction of sp³-hybridized carbons (Fsp3) is 0.375. The van der Waals surface area contributed by atoms with Crippen LogP contribution in [-0.4, -0.2) is 20.2 Å². The summed E-state index contributed by atoms with van der Waals surface area (Å²) in [6.45, 7) is 0. The average molecular weight is 261 g/mol. The van der Waals surface area contributed by atoms with Gasteiger partial charge in [-0.25, -0.2) is 4.79 Å². The van der Waals surface area contributed by atoms with Gasteiger partial charge >= 0.3 is 5.69 Å². The molecule has 0 saturated heterocycles. The van der Waals surface area contributed by atoms with Crippen molar-refractivity contribution >= 4 is 21.7 Å². The number of alkyl halides is 1. The number of aromatic nitrogens is 2. The molecule has 0 bridgehead atoms. The lowest BCUT2D eigenvalue weighted by Gasteiger charge is -2.03. The summed E-state index contributed by atoms with van der Waals surface area (Å²) in [7, 11) is 2.84. The molecule has 0 fully saturated rings.